The van der Waals surface area contributed by atoms with Gasteiger partial charge in [0.15, 0.2) is 0 Å². The maximum absolute atomic E-state index is 12.9. The first-order chi connectivity index (χ1) is 17.8. The Morgan fingerprint density at radius 2 is 1.92 bits per heavy atom. The smallest absolute Gasteiger partial charge is 0.330 e. The van der Waals surface area contributed by atoms with Gasteiger partial charge in [0.2, 0.25) is 5.91 Å². The molecule has 11 heteroatoms. The van der Waals surface area contributed by atoms with Crippen molar-refractivity contribution in [2.75, 3.05) is 13.7 Å². The molecule has 2 aliphatic rings. The van der Waals surface area contributed by atoms with Crippen molar-refractivity contribution >= 4 is 40.7 Å². The SMILES string of the molecule is COC(=O)C(CNC(=O)CC1CC(c2ccc(C(=N)N)cc2)=NO1)NC(=O)C1=Nc2ccccc2C1C. The molecule has 3 unspecified atom stereocenters. The number of nitrogens with two attached hydrogens (primary N) is 1. The van der Waals surface area contributed by atoms with Gasteiger partial charge in [-0.25, -0.2) is 9.79 Å². The Labute approximate surface area is 213 Å². The lowest BCUT2D eigenvalue weighted by Crippen LogP contribution is -2.51. The Hall–Kier alpha value is -4.54. The van der Waals surface area contributed by atoms with Gasteiger partial charge in [-0.1, -0.05) is 54.5 Å². The third-order valence-electron chi connectivity index (χ3n) is 6.26. The number of hydrogen-bond donors (Lipinski definition) is 4. The number of nitrogens with one attached hydrogen (secondary N) is 3. The van der Waals surface area contributed by atoms with Crippen molar-refractivity contribution in [3.05, 3.63) is 65.2 Å². The van der Waals surface area contributed by atoms with Gasteiger partial charge < -0.3 is 25.9 Å². The minimum absolute atomic E-state index is 0.0133. The summed E-state index contributed by atoms with van der Waals surface area (Å²) in [7, 11) is 1.21. The lowest BCUT2D eigenvalue weighted by molar-refractivity contribution is -0.144. The number of carbonyl (C=O) groups is 3. The molecule has 2 amide bonds. The van der Waals surface area contributed by atoms with Crippen molar-refractivity contribution < 1.29 is 24.0 Å². The molecule has 0 saturated carbocycles. The van der Waals surface area contributed by atoms with Crippen molar-refractivity contribution in [1.29, 1.82) is 5.41 Å². The maximum Gasteiger partial charge on any atom is 0.330 e. The number of aliphatic imine (C=N–C) groups is 1. The first-order valence-electron chi connectivity index (χ1n) is 11.8. The molecule has 192 valence electrons. The van der Waals surface area contributed by atoms with Crippen LogP contribution in [-0.4, -0.2) is 60.8 Å². The normalized spacial score (nSPS) is 18.5. The molecule has 0 aromatic heterocycles. The molecule has 0 saturated heterocycles. The predicted octanol–water partition coefficient (Wildman–Crippen LogP) is 1.52. The van der Waals surface area contributed by atoms with Crippen molar-refractivity contribution in [3.63, 3.8) is 0 Å². The fraction of sp³-hybridized carbons (Fsp3) is 0.308. The number of methoxy groups -OCH3 is 1. The second-order valence-electron chi connectivity index (χ2n) is 8.80. The Morgan fingerprint density at radius 3 is 2.59 bits per heavy atom. The summed E-state index contributed by atoms with van der Waals surface area (Å²) in [5, 5.41) is 16.8. The van der Waals surface area contributed by atoms with E-state index in [-0.39, 0.29) is 30.6 Å². The van der Waals surface area contributed by atoms with Gasteiger partial charge >= 0.3 is 5.97 Å². The molecule has 3 atom stereocenters. The summed E-state index contributed by atoms with van der Waals surface area (Å²) in [5.41, 5.74) is 9.52. The number of esters is 1. The van der Waals surface area contributed by atoms with Gasteiger partial charge in [0.1, 0.15) is 23.7 Å². The summed E-state index contributed by atoms with van der Waals surface area (Å²) < 4.78 is 4.81. The summed E-state index contributed by atoms with van der Waals surface area (Å²) in [5.74, 6) is -1.80. The van der Waals surface area contributed by atoms with E-state index in [2.05, 4.69) is 20.8 Å². The van der Waals surface area contributed by atoms with E-state index in [0.29, 0.717) is 23.4 Å². The van der Waals surface area contributed by atoms with E-state index < -0.39 is 24.0 Å². The van der Waals surface area contributed by atoms with Crippen molar-refractivity contribution in [1.82, 2.24) is 10.6 Å². The van der Waals surface area contributed by atoms with E-state index in [4.69, 9.17) is 20.7 Å². The molecule has 4 rings (SSSR count). The van der Waals surface area contributed by atoms with Crippen LogP contribution < -0.4 is 16.4 Å². The highest BCUT2D eigenvalue weighted by Gasteiger charge is 2.32. The monoisotopic (exact) mass is 504 g/mol. The molecule has 2 aromatic rings. The van der Waals surface area contributed by atoms with E-state index in [1.165, 1.54) is 7.11 Å². The molecular weight excluding hydrogens is 476 g/mol. The highest BCUT2D eigenvalue weighted by Crippen LogP contribution is 2.34. The van der Waals surface area contributed by atoms with Crippen LogP contribution in [0.5, 0.6) is 0 Å². The first kappa shape index (κ1) is 25.5. The van der Waals surface area contributed by atoms with Gasteiger partial charge in [-0.15, -0.1) is 0 Å². The molecule has 0 aliphatic carbocycles. The first-order valence-corrected chi connectivity index (χ1v) is 11.8. The summed E-state index contributed by atoms with van der Waals surface area (Å²) in [6.45, 7) is 1.72. The predicted molar refractivity (Wildman–Crippen MR) is 137 cm³/mol. The Bertz CT molecular complexity index is 1290. The van der Waals surface area contributed by atoms with Gasteiger partial charge in [-0.3, -0.25) is 15.0 Å². The van der Waals surface area contributed by atoms with Crippen molar-refractivity contribution in [2.45, 2.75) is 37.8 Å². The Kier molecular flexibility index (Phi) is 7.61. The minimum Gasteiger partial charge on any atom is -0.467 e. The average Bonchev–Trinajstić information content (AvgIpc) is 3.50. The maximum atomic E-state index is 12.9. The van der Waals surface area contributed by atoms with Crippen LogP contribution in [0.3, 0.4) is 0 Å². The van der Waals surface area contributed by atoms with Crippen molar-refractivity contribution in [2.24, 2.45) is 15.9 Å². The molecule has 0 bridgehead atoms. The standard InChI is InChI=1S/C26H28N6O5/c1-14-18-5-3-4-6-19(18)30-23(14)25(34)31-21(26(35)36-2)13-29-22(33)12-17-11-20(32-37-17)15-7-9-16(10-8-15)24(27)28/h3-10,14,17,21H,11-13H2,1-2H3,(H3,27,28)(H,29,33)(H,31,34). The molecule has 2 heterocycles. The molecule has 0 radical (unpaired) electrons. The lowest BCUT2D eigenvalue weighted by atomic mass is 9.97. The largest absolute Gasteiger partial charge is 0.467 e. The van der Waals surface area contributed by atoms with E-state index in [9.17, 15) is 14.4 Å². The molecule has 2 aromatic carbocycles. The van der Waals surface area contributed by atoms with E-state index in [0.717, 1.165) is 16.8 Å². The zero-order valence-corrected chi connectivity index (χ0v) is 20.5. The van der Waals surface area contributed by atoms with Gasteiger partial charge in [-0.05, 0) is 17.2 Å². The number of benzene rings is 2. The number of hydrogen-bond acceptors (Lipinski definition) is 8. The number of amidine groups is 1. The zero-order valence-electron chi connectivity index (χ0n) is 20.5. The number of fused-ring (bicyclic) bond motifs is 1. The number of oxime groups is 1. The van der Waals surface area contributed by atoms with Crippen LogP contribution in [0, 0.1) is 5.41 Å². The second kappa shape index (κ2) is 11.0. The highest BCUT2D eigenvalue weighted by atomic mass is 16.6. The van der Waals surface area contributed by atoms with Gasteiger partial charge in [-0.2, -0.15) is 0 Å². The number of para-hydroxylation sites is 1. The second-order valence-corrected chi connectivity index (χ2v) is 8.80. The van der Waals surface area contributed by atoms with Crippen LogP contribution in [0.1, 0.15) is 42.4 Å². The van der Waals surface area contributed by atoms with Gasteiger partial charge in [0.25, 0.3) is 5.91 Å². The molecule has 0 spiro atoms. The van der Waals surface area contributed by atoms with Crippen LogP contribution in [0.2, 0.25) is 0 Å². The molecule has 2 aliphatic heterocycles. The number of nitrogens with zero attached hydrogens (tertiary/aromatic N) is 2. The summed E-state index contributed by atoms with van der Waals surface area (Å²) in [6, 6.07) is 13.4. The lowest BCUT2D eigenvalue weighted by Gasteiger charge is -2.18. The fourth-order valence-electron chi connectivity index (χ4n) is 4.19. The summed E-state index contributed by atoms with van der Waals surface area (Å²) in [6.07, 6.45) is -0.0392. The Morgan fingerprint density at radius 1 is 1.19 bits per heavy atom. The number of amides is 2. The van der Waals surface area contributed by atoms with Crippen LogP contribution in [0.25, 0.3) is 0 Å². The van der Waals surface area contributed by atoms with E-state index in [1.807, 2.05) is 31.2 Å². The number of nitrogen functional groups attached to an aromatic ring is 1. The van der Waals surface area contributed by atoms with Crippen molar-refractivity contribution in [3.8, 4) is 0 Å². The molecule has 37 heavy (non-hydrogen) atoms. The number of rotatable bonds is 9. The fourth-order valence-corrected chi connectivity index (χ4v) is 4.19. The van der Waals surface area contributed by atoms with Crippen LogP contribution in [-0.2, 0) is 24.0 Å². The Balaban J connectivity index is 1.29. The average molecular weight is 505 g/mol. The van der Waals surface area contributed by atoms with Gasteiger partial charge in [0, 0.05) is 24.4 Å². The molecule has 11 nitrogen and oxygen atoms in total. The van der Waals surface area contributed by atoms with Crippen LogP contribution in [0.4, 0.5) is 5.69 Å². The number of carbonyl (C=O) groups excluding carboxylic acids is 3. The van der Waals surface area contributed by atoms with Gasteiger partial charge in [0.05, 0.1) is 24.9 Å². The quantitative estimate of drug-likeness (QED) is 0.229. The summed E-state index contributed by atoms with van der Waals surface area (Å²) >= 11 is 0. The van der Waals surface area contributed by atoms with Crippen LogP contribution >= 0.6 is 0 Å². The third kappa shape index (κ3) is 5.83. The molecule has 0 fully saturated rings. The molecule has 5 N–H and O–H groups in total. The van der Waals surface area contributed by atoms with E-state index in [1.54, 1.807) is 24.3 Å². The van der Waals surface area contributed by atoms with E-state index >= 15 is 0 Å². The minimum atomic E-state index is -1.09. The molecular formula is C26H28N6O5. The topological polar surface area (TPSA) is 168 Å². The third-order valence-corrected chi connectivity index (χ3v) is 6.26. The van der Waals surface area contributed by atoms with Crippen LogP contribution in [0.15, 0.2) is 58.7 Å². The zero-order chi connectivity index (χ0) is 26.5. The summed E-state index contributed by atoms with van der Waals surface area (Å²) in [4.78, 5) is 47.5. The highest BCUT2D eigenvalue weighted by molar-refractivity contribution is 6.42. The number of ether oxygens (including phenoxy) is 1.